The molecule has 0 aliphatic heterocycles. The summed E-state index contributed by atoms with van der Waals surface area (Å²) in [6.07, 6.45) is 3.59. The maximum Gasteiger partial charge on any atom is 0.354 e. The van der Waals surface area contributed by atoms with Crippen molar-refractivity contribution in [3.05, 3.63) is 65.7 Å². The van der Waals surface area contributed by atoms with Gasteiger partial charge in [0.1, 0.15) is 0 Å². The van der Waals surface area contributed by atoms with Crippen LogP contribution in [-0.4, -0.2) is 30.8 Å². The first-order valence-electron chi connectivity index (χ1n) is 7.49. The number of benzene rings is 1. The van der Waals surface area contributed by atoms with Gasteiger partial charge in [0.25, 0.3) is 0 Å². The minimum atomic E-state index is -1.08. The molecule has 0 spiro atoms. The Morgan fingerprint density at radius 1 is 1.25 bits per heavy atom. The molecule has 3 rings (SSSR count). The number of para-hydroxylation sites is 1. The van der Waals surface area contributed by atoms with Crippen molar-refractivity contribution in [2.75, 3.05) is 5.32 Å². The zero-order chi connectivity index (χ0) is 17.1. The molecule has 3 aromatic rings. The van der Waals surface area contributed by atoms with Gasteiger partial charge in [-0.25, -0.2) is 19.4 Å². The molecular formula is C17H17N5O2. The lowest BCUT2D eigenvalue weighted by Gasteiger charge is -2.18. The first-order valence-corrected chi connectivity index (χ1v) is 7.49. The van der Waals surface area contributed by atoms with E-state index in [1.807, 2.05) is 43.5 Å². The number of nitrogens with one attached hydrogen (secondary N) is 1. The number of aromatic nitrogens is 4. The second-order valence-electron chi connectivity index (χ2n) is 5.40. The van der Waals surface area contributed by atoms with Crippen molar-refractivity contribution in [2.24, 2.45) is 0 Å². The number of aromatic carboxylic acids is 1. The molecule has 0 bridgehead atoms. The van der Waals surface area contributed by atoms with Gasteiger partial charge in [-0.05, 0) is 37.6 Å². The molecule has 122 valence electrons. The molecule has 2 N–H and O–H groups in total. The summed E-state index contributed by atoms with van der Waals surface area (Å²) in [6.45, 7) is 3.70. The third-order valence-electron chi connectivity index (χ3n) is 3.57. The van der Waals surface area contributed by atoms with Gasteiger partial charge < -0.3 is 10.4 Å². The quantitative estimate of drug-likeness (QED) is 0.750. The maximum atomic E-state index is 11.1. The van der Waals surface area contributed by atoms with Gasteiger partial charge in [0.2, 0.25) is 5.95 Å². The summed E-state index contributed by atoms with van der Waals surface area (Å²) in [5, 5.41) is 16.6. The van der Waals surface area contributed by atoms with Gasteiger partial charge in [0.05, 0.1) is 11.7 Å². The second kappa shape index (κ2) is 6.49. The number of rotatable bonds is 5. The van der Waals surface area contributed by atoms with Crippen molar-refractivity contribution in [2.45, 2.75) is 19.9 Å². The van der Waals surface area contributed by atoms with Crippen LogP contribution in [0.3, 0.4) is 0 Å². The van der Waals surface area contributed by atoms with E-state index in [1.165, 1.54) is 6.07 Å². The normalized spacial score (nSPS) is 11.9. The molecule has 1 unspecified atom stereocenters. The van der Waals surface area contributed by atoms with E-state index in [9.17, 15) is 4.79 Å². The van der Waals surface area contributed by atoms with E-state index in [1.54, 1.807) is 17.8 Å². The number of carbonyl (C=O) groups is 1. The molecule has 7 nitrogen and oxygen atoms in total. The van der Waals surface area contributed by atoms with Crippen LogP contribution < -0.4 is 5.32 Å². The Morgan fingerprint density at radius 2 is 2.04 bits per heavy atom. The van der Waals surface area contributed by atoms with Gasteiger partial charge in [0.15, 0.2) is 5.69 Å². The van der Waals surface area contributed by atoms with E-state index < -0.39 is 5.97 Å². The fraction of sp³-hybridized carbons (Fsp3) is 0.176. The fourth-order valence-electron chi connectivity index (χ4n) is 2.49. The van der Waals surface area contributed by atoms with Crippen LogP contribution in [0.2, 0.25) is 0 Å². The number of carboxylic acids is 1. The predicted octanol–water partition coefficient (Wildman–Crippen LogP) is 2.84. The molecule has 1 atom stereocenters. The number of aryl methyl sites for hydroxylation is 1. The van der Waals surface area contributed by atoms with Crippen molar-refractivity contribution in [1.82, 2.24) is 19.7 Å². The predicted molar refractivity (Wildman–Crippen MR) is 89.3 cm³/mol. The minimum absolute atomic E-state index is 0.0300. The van der Waals surface area contributed by atoms with Gasteiger partial charge in [-0.2, -0.15) is 5.10 Å². The highest BCUT2D eigenvalue weighted by atomic mass is 16.4. The largest absolute Gasteiger partial charge is 0.477 e. The highest BCUT2D eigenvalue weighted by Gasteiger charge is 2.15. The van der Waals surface area contributed by atoms with E-state index in [0.29, 0.717) is 5.69 Å². The van der Waals surface area contributed by atoms with E-state index in [-0.39, 0.29) is 17.7 Å². The van der Waals surface area contributed by atoms with Crippen molar-refractivity contribution in [3.8, 4) is 5.69 Å². The van der Waals surface area contributed by atoms with Crippen LogP contribution in [0.15, 0.2) is 48.8 Å². The Kier molecular flexibility index (Phi) is 4.24. The number of hydrogen-bond acceptors (Lipinski definition) is 5. The number of carboxylic acid groups (broad SMARTS) is 1. The number of anilines is 1. The Labute approximate surface area is 139 Å². The Hall–Kier alpha value is -3.22. The molecule has 1 aromatic carbocycles. The van der Waals surface area contributed by atoms with Gasteiger partial charge in [0, 0.05) is 18.1 Å². The average molecular weight is 323 g/mol. The van der Waals surface area contributed by atoms with E-state index in [4.69, 9.17) is 5.11 Å². The van der Waals surface area contributed by atoms with E-state index in [0.717, 1.165) is 11.3 Å². The second-order valence-corrected chi connectivity index (χ2v) is 5.40. The highest BCUT2D eigenvalue weighted by Crippen LogP contribution is 2.23. The summed E-state index contributed by atoms with van der Waals surface area (Å²) in [4.78, 5) is 19.5. The topological polar surface area (TPSA) is 92.9 Å². The Morgan fingerprint density at radius 3 is 2.75 bits per heavy atom. The van der Waals surface area contributed by atoms with Crippen LogP contribution in [0.25, 0.3) is 5.69 Å². The lowest BCUT2D eigenvalue weighted by molar-refractivity contribution is 0.0690. The van der Waals surface area contributed by atoms with Crippen LogP contribution in [-0.2, 0) is 0 Å². The SMILES string of the molecule is Cc1cc(C(=O)O)nc(NC(C)c2ccccc2-n2cccn2)n1. The molecule has 0 saturated carbocycles. The van der Waals surface area contributed by atoms with Gasteiger partial charge in [-0.1, -0.05) is 18.2 Å². The molecule has 0 aliphatic rings. The first kappa shape index (κ1) is 15.7. The molecule has 0 radical (unpaired) electrons. The van der Waals surface area contributed by atoms with Gasteiger partial charge in [-0.15, -0.1) is 0 Å². The molecule has 2 aromatic heterocycles. The fourth-order valence-corrected chi connectivity index (χ4v) is 2.49. The summed E-state index contributed by atoms with van der Waals surface area (Å²) in [5.41, 5.74) is 2.51. The van der Waals surface area contributed by atoms with Crippen molar-refractivity contribution < 1.29 is 9.90 Å². The first-order chi connectivity index (χ1) is 11.5. The third-order valence-corrected chi connectivity index (χ3v) is 3.57. The molecule has 0 saturated heterocycles. The summed E-state index contributed by atoms with van der Waals surface area (Å²) in [7, 11) is 0. The lowest BCUT2D eigenvalue weighted by Crippen LogP contribution is -2.14. The van der Waals surface area contributed by atoms with Crippen LogP contribution in [0.4, 0.5) is 5.95 Å². The van der Waals surface area contributed by atoms with Crippen molar-refractivity contribution in [3.63, 3.8) is 0 Å². The minimum Gasteiger partial charge on any atom is -0.477 e. The monoisotopic (exact) mass is 323 g/mol. The molecule has 7 heteroatoms. The zero-order valence-corrected chi connectivity index (χ0v) is 13.3. The van der Waals surface area contributed by atoms with E-state index in [2.05, 4.69) is 20.4 Å². The summed E-state index contributed by atoms with van der Waals surface area (Å²) in [6, 6.07) is 11.0. The van der Waals surface area contributed by atoms with E-state index >= 15 is 0 Å². The molecule has 2 heterocycles. The summed E-state index contributed by atoms with van der Waals surface area (Å²) >= 11 is 0. The lowest BCUT2D eigenvalue weighted by atomic mass is 10.1. The van der Waals surface area contributed by atoms with Gasteiger partial charge >= 0.3 is 5.97 Å². The highest BCUT2D eigenvalue weighted by molar-refractivity contribution is 5.85. The smallest absolute Gasteiger partial charge is 0.354 e. The molecule has 0 fully saturated rings. The van der Waals surface area contributed by atoms with Gasteiger partial charge in [-0.3, -0.25) is 0 Å². The van der Waals surface area contributed by atoms with Crippen LogP contribution in [0, 0.1) is 6.92 Å². The van der Waals surface area contributed by atoms with Crippen LogP contribution >= 0.6 is 0 Å². The number of nitrogens with zero attached hydrogens (tertiary/aromatic N) is 4. The Balaban J connectivity index is 1.91. The van der Waals surface area contributed by atoms with Crippen LogP contribution in [0.5, 0.6) is 0 Å². The zero-order valence-electron chi connectivity index (χ0n) is 13.3. The summed E-state index contributed by atoms with van der Waals surface area (Å²) < 4.78 is 1.79. The standard InChI is InChI=1S/C17H17N5O2/c1-11-10-14(16(23)24)21-17(19-11)20-12(2)13-6-3-4-7-15(13)22-9-5-8-18-22/h3-10,12H,1-2H3,(H,23,24)(H,19,20,21). The maximum absolute atomic E-state index is 11.1. The molecule has 24 heavy (non-hydrogen) atoms. The third kappa shape index (κ3) is 3.24. The van der Waals surface area contributed by atoms with Crippen molar-refractivity contribution in [1.29, 1.82) is 0 Å². The molecule has 0 aliphatic carbocycles. The summed E-state index contributed by atoms with van der Waals surface area (Å²) in [5.74, 6) is -0.789. The number of hydrogen-bond donors (Lipinski definition) is 2. The van der Waals surface area contributed by atoms with Crippen LogP contribution in [0.1, 0.15) is 34.7 Å². The molecule has 0 amide bonds. The van der Waals surface area contributed by atoms with Crippen molar-refractivity contribution >= 4 is 11.9 Å². The molecular weight excluding hydrogens is 306 g/mol. The average Bonchev–Trinajstić information content (AvgIpc) is 3.08. The Bertz CT molecular complexity index is 861.